The standard InChI is InChI=1S/C23H18FN3O2/c1-15-26-21-9-5-3-7-19(21)23(29)27(15)18-12-10-16(11-13-18)22(28)25-14-17-6-2-4-8-20(17)24/h2-13H,14H2,1H3,(H,25,28). The lowest BCUT2D eigenvalue weighted by atomic mass is 10.1. The average molecular weight is 387 g/mol. The number of aryl methyl sites for hydroxylation is 1. The number of hydrogen-bond acceptors (Lipinski definition) is 3. The molecule has 0 unspecified atom stereocenters. The van der Waals surface area contributed by atoms with Gasteiger partial charge in [0.05, 0.1) is 16.6 Å². The average Bonchev–Trinajstić information content (AvgIpc) is 2.73. The summed E-state index contributed by atoms with van der Waals surface area (Å²) in [5.41, 5.74) is 1.95. The first-order valence-corrected chi connectivity index (χ1v) is 9.15. The Morgan fingerprint density at radius 3 is 2.45 bits per heavy atom. The maximum absolute atomic E-state index is 13.7. The third-order valence-electron chi connectivity index (χ3n) is 4.73. The number of carbonyl (C=O) groups is 1. The highest BCUT2D eigenvalue weighted by atomic mass is 19.1. The van der Waals surface area contributed by atoms with Crippen LogP contribution in [0.25, 0.3) is 16.6 Å². The monoisotopic (exact) mass is 387 g/mol. The molecule has 29 heavy (non-hydrogen) atoms. The third kappa shape index (κ3) is 3.65. The molecule has 0 bridgehead atoms. The number of amides is 1. The van der Waals surface area contributed by atoms with Crippen LogP contribution >= 0.6 is 0 Å². The molecule has 1 amide bonds. The van der Waals surface area contributed by atoms with Crippen molar-refractivity contribution in [1.82, 2.24) is 14.9 Å². The number of halogens is 1. The zero-order chi connectivity index (χ0) is 20.4. The van der Waals surface area contributed by atoms with Crippen LogP contribution < -0.4 is 10.9 Å². The minimum absolute atomic E-state index is 0.0976. The topological polar surface area (TPSA) is 64.0 Å². The summed E-state index contributed by atoms with van der Waals surface area (Å²) < 4.78 is 15.2. The molecule has 0 saturated carbocycles. The lowest BCUT2D eigenvalue weighted by Crippen LogP contribution is -2.24. The first-order chi connectivity index (χ1) is 14.0. The molecule has 6 heteroatoms. The van der Waals surface area contributed by atoms with Crippen molar-refractivity contribution in [2.75, 3.05) is 0 Å². The second kappa shape index (κ2) is 7.67. The van der Waals surface area contributed by atoms with E-state index in [1.165, 1.54) is 10.6 Å². The van der Waals surface area contributed by atoms with Crippen LogP contribution in [0.5, 0.6) is 0 Å². The van der Waals surface area contributed by atoms with Gasteiger partial charge in [-0.15, -0.1) is 0 Å². The van der Waals surface area contributed by atoms with E-state index < -0.39 is 0 Å². The summed E-state index contributed by atoms with van der Waals surface area (Å²) in [5, 5.41) is 3.23. The van der Waals surface area contributed by atoms with Gasteiger partial charge < -0.3 is 5.32 Å². The van der Waals surface area contributed by atoms with Gasteiger partial charge in [0, 0.05) is 17.7 Å². The number of fused-ring (bicyclic) bond motifs is 1. The van der Waals surface area contributed by atoms with Crippen molar-refractivity contribution in [1.29, 1.82) is 0 Å². The van der Waals surface area contributed by atoms with Gasteiger partial charge in [0.15, 0.2) is 0 Å². The molecule has 144 valence electrons. The molecule has 0 aliphatic rings. The lowest BCUT2D eigenvalue weighted by molar-refractivity contribution is 0.0950. The van der Waals surface area contributed by atoms with Gasteiger partial charge in [-0.2, -0.15) is 0 Å². The van der Waals surface area contributed by atoms with Crippen LogP contribution in [0.4, 0.5) is 4.39 Å². The quantitative estimate of drug-likeness (QED) is 0.580. The van der Waals surface area contributed by atoms with E-state index in [-0.39, 0.29) is 23.8 Å². The van der Waals surface area contributed by atoms with E-state index in [0.29, 0.717) is 33.5 Å². The number of aromatic nitrogens is 2. The lowest BCUT2D eigenvalue weighted by Gasteiger charge is -2.12. The summed E-state index contributed by atoms with van der Waals surface area (Å²) in [4.78, 5) is 29.7. The fraction of sp³-hybridized carbons (Fsp3) is 0.0870. The van der Waals surface area contributed by atoms with Crippen molar-refractivity contribution in [3.63, 3.8) is 0 Å². The molecule has 0 saturated heterocycles. The van der Waals surface area contributed by atoms with Gasteiger partial charge in [0.2, 0.25) is 0 Å². The third-order valence-corrected chi connectivity index (χ3v) is 4.73. The van der Waals surface area contributed by atoms with Gasteiger partial charge in [-0.05, 0) is 49.4 Å². The fourth-order valence-corrected chi connectivity index (χ4v) is 3.23. The molecule has 0 fully saturated rings. The van der Waals surface area contributed by atoms with E-state index in [4.69, 9.17) is 0 Å². The Kier molecular flexibility index (Phi) is 4.91. The summed E-state index contributed by atoms with van der Waals surface area (Å²) in [6.07, 6.45) is 0. The van der Waals surface area contributed by atoms with Crippen LogP contribution in [-0.2, 0) is 6.54 Å². The number of benzene rings is 3. The maximum Gasteiger partial charge on any atom is 0.265 e. The van der Waals surface area contributed by atoms with Crippen molar-refractivity contribution < 1.29 is 9.18 Å². The second-order valence-electron chi connectivity index (χ2n) is 6.64. The molecule has 1 aromatic heterocycles. The van der Waals surface area contributed by atoms with Crippen LogP contribution in [0.3, 0.4) is 0 Å². The molecule has 3 aromatic carbocycles. The summed E-state index contributed by atoms with van der Waals surface area (Å²) in [6.45, 7) is 1.86. The number of carbonyl (C=O) groups excluding carboxylic acids is 1. The first kappa shape index (κ1) is 18.6. The molecular weight excluding hydrogens is 369 g/mol. The van der Waals surface area contributed by atoms with E-state index >= 15 is 0 Å². The second-order valence-corrected chi connectivity index (χ2v) is 6.64. The molecule has 4 rings (SSSR count). The molecule has 0 atom stereocenters. The Bertz CT molecular complexity index is 1260. The zero-order valence-corrected chi connectivity index (χ0v) is 15.7. The molecule has 0 radical (unpaired) electrons. The van der Waals surface area contributed by atoms with Crippen LogP contribution in [0.15, 0.2) is 77.6 Å². The smallest absolute Gasteiger partial charge is 0.265 e. The predicted molar refractivity (Wildman–Crippen MR) is 110 cm³/mol. The van der Waals surface area contributed by atoms with Crippen molar-refractivity contribution in [2.45, 2.75) is 13.5 Å². The van der Waals surface area contributed by atoms with Gasteiger partial charge in [-0.25, -0.2) is 9.37 Å². The number of para-hydroxylation sites is 1. The van der Waals surface area contributed by atoms with Crippen molar-refractivity contribution >= 4 is 16.8 Å². The van der Waals surface area contributed by atoms with E-state index in [9.17, 15) is 14.0 Å². The molecule has 0 spiro atoms. The highest BCUT2D eigenvalue weighted by molar-refractivity contribution is 5.94. The molecule has 1 heterocycles. The highest BCUT2D eigenvalue weighted by Crippen LogP contribution is 2.14. The number of nitrogens with one attached hydrogen (secondary N) is 1. The van der Waals surface area contributed by atoms with Crippen molar-refractivity contribution in [3.8, 4) is 5.69 Å². The number of nitrogens with zero attached hydrogens (tertiary/aromatic N) is 2. The summed E-state index contributed by atoms with van der Waals surface area (Å²) in [6, 6.07) is 20.1. The van der Waals surface area contributed by atoms with Crippen LogP contribution in [0, 0.1) is 12.7 Å². The molecule has 4 aromatic rings. The van der Waals surface area contributed by atoms with Gasteiger partial charge in [0.25, 0.3) is 11.5 Å². The molecule has 0 aliphatic heterocycles. The SMILES string of the molecule is Cc1nc2ccccc2c(=O)n1-c1ccc(C(=O)NCc2ccccc2F)cc1. The van der Waals surface area contributed by atoms with E-state index in [1.807, 2.05) is 6.07 Å². The zero-order valence-electron chi connectivity index (χ0n) is 15.7. The minimum Gasteiger partial charge on any atom is -0.348 e. The first-order valence-electron chi connectivity index (χ1n) is 9.15. The van der Waals surface area contributed by atoms with Crippen LogP contribution in [-0.4, -0.2) is 15.5 Å². The Morgan fingerprint density at radius 1 is 1.00 bits per heavy atom. The minimum atomic E-state index is -0.359. The Labute approximate surface area is 166 Å². The molecular formula is C23H18FN3O2. The van der Waals surface area contributed by atoms with E-state index in [1.54, 1.807) is 67.6 Å². The normalized spacial score (nSPS) is 10.8. The Morgan fingerprint density at radius 2 is 1.69 bits per heavy atom. The van der Waals surface area contributed by atoms with Crippen LogP contribution in [0.1, 0.15) is 21.7 Å². The fourth-order valence-electron chi connectivity index (χ4n) is 3.23. The summed E-state index contributed by atoms with van der Waals surface area (Å²) in [7, 11) is 0. The van der Waals surface area contributed by atoms with Gasteiger partial charge in [-0.1, -0.05) is 30.3 Å². The molecule has 1 N–H and O–H groups in total. The van der Waals surface area contributed by atoms with E-state index in [0.717, 1.165) is 0 Å². The largest absolute Gasteiger partial charge is 0.348 e. The number of hydrogen-bond donors (Lipinski definition) is 1. The van der Waals surface area contributed by atoms with Gasteiger partial charge in [-0.3, -0.25) is 14.2 Å². The van der Waals surface area contributed by atoms with Gasteiger partial charge >= 0.3 is 0 Å². The summed E-state index contributed by atoms with van der Waals surface area (Å²) in [5.74, 6) is -0.118. The van der Waals surface area contributed by atoms with Gasteiger partial charge in [0.1, 0.15) is 11.6 Å². The van der Waals surface area contributed by atoms with Crippen molar-refractivity contribution in [3.05, 3.63) is 106 Å². The Balaban J connectivity index is 1.58. The predicted octanol–water partition coefficient (Wildman–Crippen LogP) is 3.76. The van der Waals surface area contributed by atoms with E-state index in [2.05, 4.69) is 10.3 Å². The van der Waals surface area contributed by atoms with Crippen molar-refractivity contribution in [2.24, 2.45) is 0 Å². The highest BCUT2D eigenvalue weighted by Gasteiger charge is 2.11. The Hall–Kier alpha value is -3.80. The molecule has 0 aliphatic carbocycles. The molecule has 5 nitrogen and oxygen atoms in total. The van der Waals surface area contributed by atoms with Crippen LogP contribution in [0.2, 0.25) is 0 Å². The number of rotatable bonds is 4. The summed E-state index contributed by atoms with van der Waals surface area (Å²) >= 11 is 0. The maximum atomic E-state index is 13.7.